The lowest BCUT2D eigenvalue weighted by Crippen LogP contribution is -2.48. The van der Waals surface area contributed by atoms with Crippen molar-refractivity contribution in [2.24, 2.45) is 0 Å². The van der Waals surface area contributed by atoms with Crippen LogP contribution in [-0.2, 0) is 14.3 Å². The Labute approximate surface area is 199 Å². The fourth-order valence-corrected chi connectivity index (χ4v) is 3.49. The number of rotatable bonds is 13. The summed E-state index contributed by atoms with van der Waals surface area (Å²) in [5.74, 6) is -0.508. The van der Waals surface area contributed by atoms with E-state index in [1.807, 2.05) is 31.2 Å². The molecule has 0 saturated heterocycles. The monoisotopic (exact) mass is 461 g/mol. The average molecular weight is 462 g/mol. The molecule has 0 aliphatic rings. The number of amides is 3. The Kier molecular flexibility index (Phi) is 12.6. The zero-order chi connectivity index (χ0) is 24.9. The molecule has 7 heteroatoms. The third-order valence-corrected chi connectivity index (χ3v) is 5.10. The van der Waals surface area contributed by atoms with Crippen LogP contribution < -0.4 is 10.6 Å². The van der Waals surface area contributed by atoms with Crippen LogP contribution in [0.2, 0.25) is 0 Å². The van der Waals surface area contributed by atoms with Crippen LogP contribution in [0.3, 0.4) is 0 Å². The van der Waals surface area contributed by atoms with Gasteiger partial charge in [-0.1, -0.05) is 69.4 Å². The SMILES string of the molecule is CCCCCNC(=O)C(c1cccc(C)c1)N(CCCCC)C(=O)CNC(=O)OC(C)(C)C. The highest BCUT2D eigenvalue weighted by atomic mass is 16.6. The number of unbranched alkanes of at least 4 members (excludes halogenated alkanes) is 4. The van der Waals surface area contributed by atoms with E-state index in [2.05, 4.69) is 24.5 Å². The molecule has 7 nitrogen and oxygen atoms in total. The molecular weight excluding hydrogens is 418 g/mol. The van der Waals surface area contributed by atoms with Crippen LogP contribution in [0, 0.1) is 6.92 Å². The number of benzene rings is 1. The lowest BCUT2D eigenvalue weighted by Gasteiger charge is -2.32. The van der Waals surface area contributed by atoms with E-state index in [4.69, 9.17) is 4.74 Å². The van der Waals surface area contributed by atoms with Crippen molar-refractivity contribution < 1.29 is 19.1 Å². The fraction of sp³-hybridized carbons (Fsp3) is 0.654. The molecule has 0 bridgehead atoms. The largest absolute Gasteiger partial charge is 0.444 e. The van der Waals surface area contributed by atoms with Crippen LogP contribution in [0.5, 0.6) is 0 Å². The van der Waals surface area contributed by atoms with Gasteiger partial charge in [0.25, 0.3) is 0 Å². The van der Waals surface area contributed by atoms with E-state index >= 15 is 0 Å². The molecule has 0 heterocycles. The van der Waals surface area contributed by atoms with Gasteiger partial charge in [0.2, 0.25) is 11.8 Å². The predicted molar refractivity (Wildman–Crippen MR) is 132 cm³/mol. The van der Waals surface area contributed by atoms with Crippen LogP contribution in [0.15, 0.2) is 24.3 Å². The number of hydrogen-bond donors (Lipinski definition) is 2. The molecule has 1 aromatic rings. The maximum absolute atomic E-state index is 13.3. The first-order chi connectivity index (χ1) is 15.6. The van der Waals surface area contributed by atoms with E-state index in [0.29, 0.717) is 13.1 Å². The van der Waals surface area contributed by atoms with Crippen molar-refractivity contribution >= 4 is 17.9 Å². The summed E-state index contributed by atoms with van der Waals surface area (Å²) < 4.78 is 5.25. The van der Waals surface area contributed by atoms with Gasteiger partial charge in [-0.3, -0.25) is 9.59 Å². The van der Waals surface area contributed by atoms with Crippen molar-refractivity contribution in [3.05, 3.63) is 35.4 Å². The van der Waals surface area contributed by atoms with E-state index in [-0.39, 0.29) is 18.4 Å². The minimum absolute atomic E-state index is 0.196. The molecule has 0 radical (unpaired) electrons. The Bertz CT molecular complexity index is 758. The first kappa shape index (κ1) is 28.5. The van der Waals surface area contributed by atoms with Crippen molar-refractivity contribution in [2.45, 2.75) is 91.7 Å². The molecule has 1 unspecified atom stereocenters. The van der Waals surface area contributed by atoms with E-state index < -0.39 is 17.7 Å². The Morgan fingerprint density at radius 2 is 1.67 bits per heavy atom. The van der Waals surface area contributed by atoms with Gasteiger partial charge in [-0.2, -0.15) is 0 Å². The van der Waals surface area contributed by atoms with E-state index in [9.17, 15) is 14.4 Å². The zero-order valence-corrected chi connectivity index (χ0v) is 21.3. The smallest absolute Gasteiger partial charge is 0.408 e. The second-order valence-electron chi connectivity index (χ2n) is 9.46. The summed E-state index contributed by atoms with van der Waals surface area (Å²) >= 11 is 0. The Balaban J connectivity index is 3.11. The number of nitrogens with zero attached hydrogens (tertiary/aromatic N) is 1. The summed E-state index contributed by atoms with van der Waals surface area (Å²) in [5, 5.41) is 5.55. The highest BCUT2D eigenvalue weighted by Gasteiger charge is 2.31. The summed E-state index contributed by atoms with van der Waals surface area (Å²) in [4.78, 5) is 40.2. The molecule has 186 valence electrons. The maximum Gasteiger partial charge on any atom is 0.408 e. The molecule has 33 heavy (non-hydrogen) atoms. The molecule has 0 saturated carbocycles. The van der Waals surface area contributed by atoms with Crippen LogP contribution in [0.1, 0.15) is 90.3 Å². The molecule has 0 aromatic heterocycles. The first-order valence-corrected chi connectivity index (χ1v) is 12.2. The van der Waals surface area contributed by atoms with Gasteiger partial charge in [0, 0.05) is 13.1 Å². The fourth-order valence-electron chi connectivity index (χ4n) is 3.49. The minimum atomic E-state index is -0.753. The molecule has 0 aliphatic heterocycles. The Hall–Kier alpha value is -2.57. The van der Waals surface area contributed by atoms with E-state index in [0.717, 1.165) is 49.7 Å². The lowest BCUT2D eigenvalue weighted by molar-refractivity contribution is -0.140. The minimum Gasteiger partial charge on any atom is -0.444 e. The first-order valence-electron chi connectivity index (χ1n) is 12.2. The van der Waals surface area contributed by atoms with Crippen molar-refractivity contribution in [2.75, 3.05) is 19.6 Å². The normalized spacial score (nSPS) is 12.1. The molecule has 1 rings (SSSR count). The number of ether oxygens (including phenoxy) is 1. The average Bonchev–Trinajstić information content (AvgIpc) is 2.73. The highest BCUT2D eigenvalue weighted by molar-refractivity contribution is 5.90. The van der Waals surface area contributed by atoms with Crippen molar-refractivity contribution in [3.63, 3.8) is 0 Å². The van der Waals surface area contributed by atoms with Crippen LogP contribution in [0.4, 0.5) is 4.79 Å². The van der Waals surface area contributed by atoms with Crippen molar-refractivity contribution in [3.8, 4) is 0 Å². The summed E-state index contributed by atoms with van der Waals surface area (Å²) in [6, 6.07) is 6.93. The van der Waals surface area contributed by atoms with Gasteiger partial charge < -0.3 is 20.3 Å². The van der Waals surface area contributed by atoms with Gasteiger partial charge in [-0.25, -0.2) is 4.79 Å². The number of carbonyl (C=O) groups is 3. The zero-order valence-electron chi connectivity index (χ0n) is 21.3. The Morgan fingerprint density at radius 3 is 2.27 bits per heavy atom. The van der Waals surface area contributed by atoms with Gasteiger partial charge in [0.15, 0.2) is 0 Å². The van der Waals surface area contributed by atoms with Crippen molar-refractivity contribution in [1.82, 2.24) is 15.5 Å². The lowest BCUT2D eigenvalue weighted by atomic mass is 10.0. The van der Waals surface area contributed by atoms with E-state index in [1.165, 1.54) is 0 Å². The molecular formula is C26H43N3O4. The number of alkyl carbamates (subject to hydrolysis) is 1. The van der Waals surface area contributed by atoms with Crippen LogP contribution in [-0.4, -0.2) is 48.0 Å². The van der Waals surface area contributed by atoms with Gasteiger partial charge in [0.05, 0.1) is 0 Å². The third-order valence-electron chi connectivity index (χ3n) is 5.10. The third kappa shape index (κ3) is 11.2. The topological polar surface area (TPSA) is 87.7 Å². The molecule has 0 fully saturated rings. The van der Waals surface area contributed by atoms with Gasteiger partial charge >= 0.3 is 6.09 Å². The van der Waals surface area contributed by atoms with Crippen LogP contribution >= 0.6 is 0 Å². The molecule has 3 amide bonds. The second kappa shape index (κ2) is 14.6. The number of carbonyl (C=O) groups excluding carboxylic acids is 3. The predicted octanol–water partition coefficient (Wildman–Crippen LogP) is 4.89. The second-order valence-corrected chi connectivity index (χ2v) is 9.46. The Morgan fingerprint density at radius 1 is 1.00 bits per heavy atom. The summed E-state index contributed by atoms with van der Waals surface area (Å²) in [5.41, 5.74) is 1.13. The maximum atomic E-state index is 13.3. The van der Waals surface area contributed by atoms with Gasteiger partial charge in [0.1, 0.15) is 18.2 Å². The summed E-state index contributed by atoms with van der Waals surface area (Å²) in [7, 11) is 0. The number of hydrogen-bond acceptors (Lipinski definition) is 4. The molecule has 1 atom stereocenters. The van der Waals surface area contributed by atoms with Crippen molar-refractivity contribution in [1.29, 1.82) is 0 Å². The number of aryl methyl sites for hydroxylation is 1. The molecule has 0 aliphatic carbocycles. The summed E-state index contributed by atoms with van der Waals surface area (Å²) in [6.07, 6.45) is 5.06. The quantitative estimate of drug-likeness (QED) is 0.410. The standard InChI is InChI=1S/C26H43N3O4/c1-7-9-11-16-27-24(31)23(21-15-13-14-20(3)18-21)29(17-12-10-8-2)22(30)19-28-25(32)33-26(4,5)6/h13-15,18,23H,7-12,16-17,19H2,1-6H3,(H,27,31)(H,28,32). The van der Waals surface area contributed by atoms with Gasteiger partial charge in [-0.05, 0) is 46.1 Å². The van der Waals surface area contributed by atoms with Gasteiger partial charge in [-0.15, -0.1) is 0 Å². The summed E-state index contributed by atoms with van der Waals surface area (Å²) in [6.45, 7) is 12.2. The molecule has 1 aromatic carbocycles. The molecule has 2 N–H and O–H groups in total. The number of nitrogens with one attached hydrogen (secondary N) is 2. The highest BCUT2D eigenvalue weighted by Crippen LogP contribution is 2.23. The van der Waals surface area contributed by atoms with Crippen LogP contribution in [0.25, 0.3) is 0 Å². The van der Waals surface area contributed by atoms with E-state index in [1.54, 1.807) is 25.7 Å². The molecule has 0 spiro atoms.